The Kier molecular flexibility index (Phi) is 6.09. The second-order valence-electron chi connectivity index (χ2n) is 12.6. The van der Waals surface area contributed by atoms with Gasteiger partial charge in [0.2, 0.25) is 0 Å². The number of aryl methyl sites for hydroxylation is 3. The number of nitrogens with zero attached hydrogens (tertiary/aromatic N) is 7. The van der Waals surface area contributed by atoms with Gasteiger partial charge in [-0.2, -0.15) is 5.10 Å². The molecule has 0 saturated heterocycles. The van der Waals surface area contributed by atoms with Crippen molar-refractivity contribution in [1.82, 2.24) is 28.9 Å². The molecule has 0 radical (unpaired) electrons. The molecule has 0 aromatic carbocycles. The Balaban J connectivity index is 1.25. The van der Waals surface area contributed by atoms with E-state index in [0.717, 1.165) is 58.4 Å². The normalized spacial score (nSPS) is 15.7. The highest BCUT2D eigenvalue weighted by Gasteiger charge is 2.37. The monoisotopic (exact) mass is 576 g/mol. The highest BCUT2D eigenvalue weighted by molar-refractivity contribution is 6.06. The van der Waals surface area contributed by atoms with Gasteiger partial charge in [-0.3, -0.25) is 19.2 Å². The summed E-state index contributed by atoms with van der Waals surface area (Å²) < 4.78 is 5.62. The summed E-state index contributed by atoms with van der Waals surface area (Å²) in [7, 11) is 3.65. The number of fused-ring (bicyclic) bond motifs is 4. The summed E-state index contributed by atoms with van der Waals surface area (Å²) in [5, 5.41) is 8.70. The number of amides is 1. The van der Waals surface area contributed by atoms with Crippen LogP contribution in [0, 0.1) is 12.3 Å². The van der Waals surface area contributed by atoms with Crippen molar-refractivity contribution in [3.05, 3.63) is 81.4 Å². The molecule has 1 aliphatic heterocycles. The van der Waals surface area contributed by atoms with Crippen molar-refractivity contribution in [3.8, 4) is 11.1 Å². The zero-order chi connectivity index (χ0) is 30.2. The van der Waals surface area contributed by atoms with Gasteiger partial charge in [0.05, 0.1) is 6.20 Å². The Morgan fingerprint density at radius 3 is 2.65 bits per heavy atom. The largest absolute Gasteiger partial charge is 0.339 e. The fourth-order valence-corrected chi connectivity index (χ4v) is 6.83. The first kappa shape index (κ1) is 27.1. The molecule has 220 valence electrons. The van der Waals surface area contributed by atoms with E-state index in [1.165, 1.54) is 11.3 Å². The predicted octanol–water partition coefficient (Wildman–Crippen LogP) is 4.93. The first-order chi connectivity index (χ1) is 20.5. The molecular formula is C33H36N8O2. The Bertz CT molecular complexity index is 2010. The zero-order valence-electron chi connectivity index (χ0n) is 25.5. The van der Waals surface area contributed by atoms with Crippen LogP contribution < -0.4 is 15.8 Å². The maximum absolute atomic E-state index is 13.9. The summed E-state index contributed by atoms with van der Waals surface area (Å²) in [6, 6.07) is 7.83. The standard InChI is InChI=1S/C33H36N8O2/c1-7-22-23(8-9-34-30(22)41-11-10-40-27(32(41)43)13-20-15-33(3,4)16-28(20)40)21-12-25(31(42)38(5)18-21)36-29-14-24-19(2)39(6)37-26(24)17-35-29/h8-9,12-14,17-18,36H,7,10-11,15-16H2,1-6H3. The molecule has 1 amide bonds. The molecule has 2 aliphatic rings. The molecule has 0 spiro atoms. The third kappa shape index (κ3) is 4.35. The molecular weight excluding hydrogens is 540 g/mol. The van der Waals surface area contributed by atoms with Gasteiger partial charge in [0, 0.05) is 67.5 Å². The number of pyridine rings is 3. The maximum Gasteiger partial charge on any atom is 0.276 e. The third-order valence-corrected chi connectivity index (χ3v) is 9.04. The fraction of sp³-hybridized carbons (Fsp3) is 0.364. The van der Waals surface area contributed by atoms with Gasteiger partial charge in [0.25, 0.3) is 11.5 Å². The first-order valence-corrected chi connectivity index (χ1v) is 14.8. The Morgan fingerprint density at radius 1 is 1.05 bits per heavy atom. The van der Waals surface area contributed by atoms with Crippen molar-refractivity contribution in [2.75, 3.05) is 16.8 Å². The van der Waals surface area contributed by atoms with Crippen molar-refractivity contribution >= 4 is 34.1 Å². The molecule has 7 rings (SSSR count). The zero-order valence-corrected chi connectivity index (χ0v) is 25.5. The van der Waals surface area contributed by atoms with Crippen LogP contribution in [0.1, 0.15) is 53.8 Å². The van der Waals surface area contributed by atoms with Crippen LogP contribution in [0.25, 0.3) is 22.0 Å². The topological polar surface area (TPSA) is 103 Å². The first-order valence-electron chi connectivity index (χ1n) is 14.8. The second kappa shape index (κ2) is 9.65. The van der Waals surface area contributed by atoms with Gasteiger partial charge in [-0.15, -0.1) is 0 Å². The number of carbonyl (C=O) groups excluding carboxylic acids is 1. The molecule has 5 aromatic rings. The molecule has 0 unspecified atom stereocenters. The number of rotatable bonds is 5. The van der Waals surface area contributed by atoms with Gasteiger partial charge < -0.3 is 14.5 Å². The Labute approximate surface area is 250 Å². The molecule has 10 heteroatoms. The highest BCUT2D eigenvalue weighted by Crippen LogP contribution is 2.40. The molecule has 0 bridgehead atoms. The summed E-state index contributed by atoms with van der Waals surface area (Å²) >= 11 is 0. The van der Waals surface area contributed by atoms with Gasteiger partial charge in [-0.05, 0) is 67.0 Å². The average Bonchev–Trinajstić information content (AvgIpc) is 3.57. The summed E-state index contributed by atoms with van der Waals surface area (Å²) in [6.07, 6.45) is 7.98. The smallest absolute Gasteiger partial charge is 0.276 e. The number of nitrogens with one attached hydrogen (secondary N) is 1. The molecule has 0 saturated carbocycles. The lowest BCUT2D eigenvalue weighted by Gasteiger charge is -2.31. The van der Waals surface area contributed by atoms with Crippen LogP contribution in [0.2, 0.25) is 0 Å². The van der Waals surface area contributed by atoms with Crippen LogP contribution in [0.4, 0.5) is 17.3 Å². The molecule has 0 atom stereocenters. The molecule has 5 aromatic heterocycles. The lowest BCUT2D eigenvalue weighted by Crippen LogP contribution is -2.41. The van der Waals surface area contributed by atoms with Crippen LogP contribution in [-0.4, -0.2) is 41.3 Å². The molecule has 0 fully saturated rings. The van der Waals surface area contributed by atoms with Crippen LogP contribution in [0.15, 0.2) is 47.7 Å². The van der Waals surface area contributed by atoms with E-state index in [4.69, 9.17) is 4.98 Å². The number of hydrogen-bond donors (Lipinski definition) is 1. The summed E-state index contributed by atoms with van der Waals surface area (Å²) in [6.45, 7) is 9.98. The molecule has 6 heterocycles. The van der Waals surface area contributed by atoms with E-state index >= 15 is 0 Å². The summed E-state index contributed by atoms with van der Waals surface area (Å²) in [4.78, 5) is 38.1. The van der Waals surface area contributed by atoms with E-state index in [9.17, 15) is 9.59 Å². The van der Waals surface area contributed by atoms with E-state index in [1.54, 1.807) is 24.0 Å². The number of aromatic nitrogens is 6. The van der Waals surface area contributed by atoms with Crippen molar-refractivity contribution in [3.63, 3.8) is 0 Å². The van der Waals surface area contributed by atoms with Crippen molar-refractivity contribution in [2.24, 2.45) is 19.5 Å². The minimum Gasteiger partial charge on any atom is -0.339 e. The van der Waals surface area contributed by atoms with Crippen molar-refractivity contribution in [2.45, 2.75) is 53.5 Å². The van der Waals surface area contributed by atoms with E-state index in [-0.39, 0.29) is 16.9 Å². The van der Waals surface area contributed by atoms with Crippen LogP contribution in [0.5, 0.6) is 0 Å². The van der Waals surface area contributed by atoms with Gasteiger partial charge in [-0.1, -0.05) is 20.8 Å². The lowest BCUT2D eigenvalue weighted by molar-refractivity contribution is 0.0963. The average molecular weight is 577 g/mol. The Hall–Kier alpha value is -4.73. The van der Waals surface area contributed by atoms with E-state index < -0.39 is 0 Å². The summed E-state index contributed by atoms with van der Waals surface area (Å²) in [5.74, 6) is 1.24. The second-order valence-corrected chi connectivity index (χ2v) is 12.6. The number of anilines is 3. The van der Waals surface area contributed by atoms with Gasteiger partial charge in [0.1, 0.15) is 28.5 Å². The van der Waals surface area contributed by atoms with E-state index in [2.05, 4.69) is 46.8 Å². The van der Waals surface area contributed by atoms with Gasteiger partial charge in [-0.25, -0.2) is 9.97 Å². The number of carbonyl (C=O) groups is 1. The summed E-state index contributed by atoms with van der Waals surface area (Å²) in [5.41, 5.74) is 8.44. The van der Waals surface area contributed by atoms with E-state index in [0.29, 0.717) is 30.3 Å². The van der Waals surface area contributed by atoms with Crippen molar-refractivity contribution < 1.29 is 4.79 Å². The van der Waals surface area contributed by atoms with Gasteiger partial charge >= 0.3 is 0 Å². The molecule has 10 nitrogen and oxygen atoms in total. The Morgan fingerprint density at radius 2 is 1.86 bits per heavy atom. The van der Waals surface area contributed by atoms with E-state index in [1.807, 2.05) is 47.9 Å². The minimum absolute atomic E-state index is 0.00668. The quantitative estimate of drug-likeness (QED) is 0.318. The van der Waals surface area contributed by atoms with Crippen LogP contribution in [0.3, 0.4) is 0 Å². The molecule has 1 N–H and O–H groups in total. The third-order valence-electron chi connectivity index (χ3n) is 9.04. The van der Waals surface area contributed by atoms with Crippen LogP contribution >= 0.6 is 0 Å². The number of hydrogen-bond acceptors (Lipinski definition) is 6. The maximum atomic E-state index is 13.9. The van der Waals surface area contributed by atoms with Gasteiger partial charge in [0.15, 0.2) is 0 Å². The van der Waals surface area contributed by atoms with Crippen molar-refractivity contribution in [1.29, 1.82) is 0 Å². The predicted molar refractivity (Wildman–Crippen MR) is 168 cm³/mol. The minimum atomic E-state index is -0.163. The fourth-order valence-electron chi connectivity index (χ4n) is 6.83. The molecule has 43 heavy (non-hydrogen) atoms. The molecule has 1 aliphatic carbocycles. The lowest BCUT2D eigenvalue weighted by atomic mass is 9.90. The highest BCUT2D eigenvalue weighted by atomic mass is 16.2. The van der Waals surface area contributed by atoms with Crippen LogP contribution in [-0.2, 0) is 39.9 Å². The SMILES string of the molecule is CCc1c(-c2cc(Nc3cc4c(C)n(C)nc4cn3)c(=O)n(C)c2)ccnc1N1CCn2c(cc3c2CC(C)(C)C3)C1=O.